The van der Waals surface area contributed by atoms with Crippen molar-refractivity contribution in [3.05, 3.63) is 57.9 Å². The predicted octanol–water partition coefficient (Wildman–Crippen LogP) is 2.88. The van der Waals surface area contributed by atoms with E-state index in [1.165, 1.54) is 11.3 Å². The van der Waals surface area contributed by atoms with Gasteiger partial charge in [0.15, 0.2) is 5.78 Å². The van der Waals surface area contributed by atoms with Crippen molar-refractivity contribution in [2.75, 3.05) is 6.54 Å². The number of nitrogens with zero attached hydrogens (tertiary/aromatic N) is 1. The number of rotatable bonds is 5. The molecule has 1 unspecified atom stereocenters. The first kappa shape index (κ1) is 16.5. The highest BCUT2D eigenvalue weighted by molar-refractivity contribution is 7.14. The largest absolute Gasteiger partial charge is 0.361 e. The molecule has 1 aromatic carbocycles. The minimum atomic E-state index is -0.653. The number of urea groups is 1. The number of para-hydroxylation sites is 1. The Hall–Kier alpha value is -2.93. The Bertz CT molecular complexity index is 1020. The minimum absolute atomic E-state index is 0.223. The van der Waals surface area contributed by atoms with Gasteiger partial charge in [0.1, 0.15) is 6.04 Å². The lowest BCUT2D eigenvalue weighted by molar-refractivity contribution is -0.127. The molecule has 1 fully saturated rings. The monoisotopic (exact) mass is 367 g/mol. The standard InChI is InChI=1S/C19H17N3O3S/c1-11-6-7-17(26-11)16(23)10-22-18(24)15(21-19(22)25)8-12-9-20-14-5-3-2-4-13(12)14/h2-7,9,15,20H,8,10H2,1H3,(H,21,25). The van der Waals surface area contributed by atoms with Crippen LogP contribution in [0.4, 0.5) is 4.79 Å². The fourth-order valence-electron chi connectivity index (χ4n) is 3.19. The second kappa shape index (κ2) is 6.42. The molecule has 1 saturated heterocycles. The SMILES string of the molecule is Cc1ccc(C(=O)CN2C(=O)NC(Cc3c[nH]c4ccccc34)C2=O)s1. The number of Topliss-reactive ketones (excluding diaryl/α,β-unsaturated/α-hetero) is 1. The highest BCUT2D eigenvalue weighted by Gasteiger charge is 2.39. The van der Waals surface area contributed by atoms with Crippen molar-refractivity contribution in [1.29, 1.82) is 0 Å². The number of fused-ring (bicyclic) bond motifs is 1. The van der Waals surface area contributed by atoms with Crippen LogP contribution in [0, 0.1) is 6.92 Å². The number of hydrogen-bond donors (Lipinski definition) is 2. The number of aromatic amines is 1. The van der Waals surface area contributed by atoms with Crippen LogP contribution in [0.5, 0.6) is 0 Å². The van der Waals surface area contributed by atoms with E-state index in [9.17, 15) is 14.4 Å². The van der Waals surface area contributed by atoms with Gasteiger partial charge in [-0.1, -0.05) is 18.2 Å². The first-order valence-corrected chi connectivity index (χ1v) is 9.11. The second-order valence-electron chi connectivity index (χ2n) is 6.32. The van der Waals surface area contributed by atoms with E-state index in [1.807, 2.05) is 43.5 Å². The summed E-state index contributed by atoms with van der Waals surface area (Å²) < 4.78 is 0. The number of imide groups is 1. The number of thiophene rings is 1. The maximum absolute atomic E-state index is 12.6. The molecule has 0 bridgehead atoms. The smallest absolute Gasteiger partial charge is 0.325 e. The molecule has 2 N–H and O–H groups in total. The third-order valence-electron chi connectivity index (χ3n) is 4.52. The van der Waals surface area contributed by atoms with Gasteiger partial charge in [-0.25, -0.2) is 4.79 Å². The van der Waals surface area contributed by atoms with E-state index in [-0.39, 0.29) is 18.2 Å². The molecule has 3 heterocycles. The Balaban J connectivity index is 1.49. The zero-order valence-corrected chi connectivity index (χ0v) is 14.9. The lowest BCUT2D eigenvalue weighted by Crippen LogP contribution is -2.36. The van der Waals surface area contributed by atoms with Crippen LogP contribution in [0.2, 0.25) is 0 Å². The molecule has 0 saturated carbocycles. The summed E-state index contributed by atoms with van der Waals surface area (Å²) in [7, 11) is 0. The molecule has 0 aliphatic carbocycles. The molecule has 2 aromatic heterocycles. The molecule has 6 nitrogen and oxygen atoms in total. The molecule has 1 aliphatic heterocycles. The zero-order valence-electron chi connectivity index (χ0n) is 14.1. The van der Waals surface area contributed by atoms with Gasteiger partial charge in [-0.3, -0.25) is 14.5 Å². The van der Waals surface area contributed by atoms with Crippen molar-refractivity contribution in [2.24, 2.45) is 0 Å². The van der Waals surface area contributed by atoms with E-state index in [1.54, 1.807) is 6.07 Å². The Morgan fingerprint density at radius 3 is 2.77 bits per heavy atom. The summed E-state index contributed by atoms with van der Waals surface area (Å²) in [4.78, 5) is 42.9. The number of carbonyl (C=O) groups excluding carboxylic acids is 3. The molecule has 1 atom stereocenters. The van der Waals surface area contributed by atoms with Gasteiger partial charge in [0.05, 0.1) is 11.4 Å². The van der Waals surface area contributed by atoms with E-state index in [0.717, 1.165) is 26.2 Å². The summed E-state index contributed by atoms with van der Waals surface area (Å²) in [5.74, 6) is -0.582. The summed E-state index contributed by atoms with van der Waals surface area (Å²) in [5.41, 5.74) is 1.95. The Morgan fingerprint density at radius 2 is 2.00 bits per heavy atom. The first-order valence-electron chi connectivity index (χ1n) is 8.29. The van der Waals surface area contributed by atoms with Crippen LogP contribution in [-0.4, -0.2) is 40.2 Å². The first-order chi connectivity index (χ1) is 12.5. The Morgan fingerprint density at radius 1 is 1.19 bits per heavy atom. The number of carbonyl (C=O) groups is 3. The van der Waals surface area contributed by atoms with Crippen molar-refractivity contribution in [3.8, 4) is 0 Å². The highest BCUT2D eigenvalue weighted by Crippen LogP contribution is 2.22. The Kier molecular flexibility index (Phi) is 4.08. The average molecular weight is 367 g/mol. The highest BCUT2D eigenvalue weighted by atomic mass is 32.1. The fourth-order valence-corrected chi connectivity index (χ4v) is 3.99. The molecule has 132 valence electrons. The molecule has 0 spiro atoms. The van der Waals surface area contributed by atoms with Crippen LogP contribution in [0.15, 0.2) is 42.6 Å². The maximum atomic E-state index is 12.6. The third-order valence-corrected chi connectivity index (χ3v) is 5.56. The number of hydrogen-bond acceptors (Lipinski definition) is 4. The molecule has 7 heteroatoms. The summed E-state index contributed by atoms with van der Waals surface area (Å²) in [6.45, 7) is 1.68. The molecule has 1 aliphatic rings. The third kappa shape index (κ3) is 2.90. The number of benzene rings is 1. The van der Waals surface area contributed by atoms with Gasteiger partial charge < -0.3 is 10.3 Å². The van der Waals surface area contributed by atoms with Crippen molar-refractivity contribution >= 4 is 40.0 Å². The van der Waals surface area contributed by atoms with Crippen molar-refractivity contribution in [3.63, 3.8) is 0 Å². The number of aryl methyl sites for hydroxylation is 1. The van der Waals surface area contributed by atoms with Crippen molar-refractivity contribution < 1.29 is 14.4 Å². The average Bonchev–Trinajstić information content (AvgIpc) is 3.30. The van der Waals surface area contributed by atoms with Crippen LogP contribution in [0.1, 0.15) is 20.1 Å². The topological polar surface area (TPSA) is 82.3 Å². The van der Waals surface area contributed by atoms with Gasteiger partial charge >= 0.3 is 6.03 Å². The van der Waals surface area contributed by atoms with E-state index < -0.39 is 12.1 Å². The van der Waals surface area contributed by atoms with Gasteiger partial charge in [-0.2, -0.15) is 0 Å². The van der Waals surface area contributed by atoms with Gasteiger partial charge in [0.2, 0.25) is 0 Å². The maximum Gasteiger partial charge on any atom is 0.325 e. The molecule has 3 amide bonds. The predicted molar refractivity (Wildman–Crippen MR) is 99.4 cm³/mol. The summed E-state index contributed by atoms with van der Waals surface area (Å²) in [6.07, 6.45) is 2.24. The lowest BCUT2D eigenvalue weighted by Gasteiger charge is -2.11. The normalized spacial score (nSPS) is 17.1. The van der Waals surface area contributed by atoms with E-state index in [4.69, 9.17) is 0 Å². The van der Waals surface area contributed by atoms with Crippen molar-refractivity contribution in [1.82, 2.24) is 15.2 Å². The Labute approximate surface area is 153 Å². The minimum Gasteiger partial charge on any atom is -0.361 e. The van der Waals surface area contributed by atoms with Crippen LogP contribution in [0.25, 0.3) is 10.9 Å². The molecule has 3 aromatic rings. The number of aromatic nitrogens is 1. The molecular weight excluding hydrogens is 350 g/mol. The van der Waals surface area contributed by atoms with Crippen LogP contribution < -0.4 is 5.32 Å². The summed E-state index contributed by atoms with van der Waals surface area (Å²) in [6, 6.07) is 10.2. The fraction of sp³-hybridized carbons (Fsp3) is 0.211. The van der Waals surface area contributed by atoms with Crippen molar-refractivity contribution in [2.45, 2.75) is 19.4 Å². The van der Waals surface area contributed by atoms with Gasteiger partial charge in [-0.05, 0) is 30.7 Å². The quantitative estimate of drug-likeness (QED) is 0.537. The molecule has 26 heavy (non-hydrogen) atoms. The van der Waals surface area contributed by atoms with E-state index in [0.29, 0.717) is 11.3 Å². The summed E-state index contributed by atoms with van der Waals surface area (Å²) in [5, 5.41) is 3.72. The lowest BCUT2D eigenvalue weighted by atomic mass is 10.1. The molecule has 0 radical (unpaired) electrons. The van der Waals surface area contributed by atoms with Crippen LogP contribution >= 0.6 is 11.3 Å². The molecular formula is C19H17N3O3S. The zero-order chi connectivity index (χ0) is 18.3. The van der Waals surface area contributed by atoms with Gasteiger partial charge in [0, 0.05) is 28.4 Å². The second-order valence-corrected chi connectivity index (χ2v) is 7.61. The number of nitrogens with one attached hydrogen (secondary N) is 2. The molecule has 4 rings (SSSR count). The van der Waals surface area contributed by atoms with Gasteiger partial charge in [0.25, 0.3) is 5.91 Å². The number of H-pyrrole nitrogens is 1. The van der Waals surface area contributed by atoms with Crippen LogP contribution in [-0.2, 0) is 11.2 Å². The van der Waals surface area contributed by atoms with E-state index in [2.05, 4.69) is 10.3 Å². The number of ketones is 1. The van der Waals surface area contributed by atoms with Gasteiger partial charge in [-0.15, -0.1) is 11.3 Å². The van der Waals surface area contributed by atoms with E-state index >= 15 is 0 Å². The summed E-state index contributed by atoms with van der Waals surface area (Å²) >= 11 is 1.36. The van der Waals surface area contributed by atoms with Crippen LogP contribution in [0.3, 0.4) is 0 Å². The number of amides is 3.